The van der Waals surface area contributed by atoms with Crippen LogP contribution in [-0.4, -0.2) is 56.0 Å². The summed E-state index contributed by atoms with van der Waals surface area (Å²) in [5.74, 6) is -3.24. The van der Waals surface area contributed by atoms with Gasteiger partial charge in [-0.1, -0.05) is 0 Å². The van der Waals surface area contributed by atoms with Gasteiger partial charge in [0.2, 0.25) is 0 Å². The molecule has 0 aliphatic carbocycles. The molecule has 0 bridgehead atoms. The molecule has 0 aromatic rings. The van der Waals surface area contributed by atoms with Crippen LogP contribution in [0.25, 0.3) is 0 Å². The number of aliphatic carboxylic acids is 3. The molecule has 3 heterocycles. The van der Waals surface area contributed by atoms with Crippen LogP contribution in [-0.2, 0) is 46.0 Å². The van der Waals surface area contributed by atoms with Crippen molar-refractivity contribution < 1.29 is 98.5 Å². The van der Waals surface area contributed by atoms with Crippen LogP contribution < -0.4 is 52.5 Å². The third-order valence-corrected chi connectivity index (χ3v) is 3.58. The van der Waals surface area contributed by atoms with Crippen molar-refractivity contribution in [1.82, 2.24) is 0 Å². The van der Waals surface area contributed by atoms with E-state index in [2.05, 4.69) is 0 Å². The molecule has 3 saturated heterocycles. The maximum Gasteiger partial charge on any atom is 6.00 e. The van der Waals surface area contributed by atoms with E-state index in [0.29, 0.717) is 39.1 Å². The summed E-state index contributed by atoms with van der Waals surface area (Å²) >= 11 is 0. The number of hydrogen-bond donors (Lipinski definition) is 0. The zero-order valence-electron chi connectivity index (χ0n) is 14.8. The monoisotopic (exact) mass is 502 g/mol. The minimum Gasteiger partial charge on any atom is -1.00 e. The molecule has 0 aromatic heterocycles. The van der Waals surface area contributed by atoms with Crippen LogP contribution in [0, 0.1) is 0 Å². The summed E-state index contributed by atoms with van der Waals surface area (Å²) in [4.78, 5) is 29.9. The third-order valence-electron chi connectivity index (χ3n) is 3.58. The zero-order chi connectivity index (χ0) is 17.9. The van der Waals surface area contributed by atoms with E-state index in [1.807, 2.05) is 0 Å². The Kier molecular flexibility index (Phi) is 25.1. The second kappa shape index (κ2) is 20.0. The van der Waals surface area contributed by atoms with Gasteiger partial charge in [0.1, 0.15) is 0 Å². The predicted molar refractivity (Wildman–Crippen MR) is 71.9 cm³/mol. The molecule has 3 fully saturated rings. The summed E-state index contributed by atoms with van der Waals surface area (Å²) < 4.78 is 14.3. The summed E-state index contributed by atoms with van der Waals surface area (Å²) in [6.45, 7) is 1.70. The van der Waals surface area contributed by atoms with E-state index in [4.69, 9.17) is 14.2 Å². The minimum absolute atomic E-state index is 0. The minimum atomic E-state index is -1.08. The van der Waals surface area contributed by atoms with Crippen molar-refractivity contribution in [2.24, 2.45) is 0 Å². The van der Waals surface area contributed by atoms with Crippen LogP contribution in [0.1, 0.15) is 38.5 Å². The van der Waals surface area contributed by atoms with Crippen LogP contribution in [0.3, 0.4) is 0 Å². The summed E-state index contributed by atoms with van der Waals surface area (Å²) in [5, 5.41) is 29.9. The van der Waals surface area contributed by atoms with E-state index in [0.717, 1.165) is 19.3 Å². The molecule has 0 saturated carbocycles. The number of carboxylic acids is 3. The Morgan fingerprint density at radius 1 is 0.571 bits per heavy atom. The Hall–Kier alpha value is -0.308. The molecule has 0 radical (unpaired) electrons. The number of rotatable bonds is 3. The molecule has 0 aromatic carbocycles. The Morgan fingerprint density at radius 3 is 0.857 bits per heavy atom. The zero-order valence-corrected chi connectivity index (χ0v) is 18.4. The Morgan fingerprint density at radius 2 is 0.786 bits per heavy atom. The van der Waals surface area contributed by atoms with Crippen molar-refractivity contribution in [2.75, 3.05) is 19.8 Å². The first-order valence-corrected chi connectivity index (χ1v) is 7.89. The van der Waals surface area contributed by atoms with Crippen molar-refractivity contribution >= 4 is 17.9 Å². The molecule has 3 rings (SSSR count). The number of carbonyl (C=O) groups excluding carboxylic acids is 3. The second-order valence-electron chi connectivity index (χ2n) is 5.46. The number of ether oxygens (including phenoxy) is 3. The molecule has 162 valence electrons. The maximum absolute atomic E-state index is 9.97. The predicted octanol–water partition coefficient (Wildman–Crippen LogP) is -12.2. The van der Waals surface area contributed by atoms with Gasteiger partial charge in [0.15, 0.2) is 0 Å². The average molecular weight is 504 g/mol. The van der Waals surface area contributed by atoms with Crippen molar-refractivity contribution in [3.63, 3.8) is 0 Å². The van der Waals surface area contributed by atoms with E-state index < -0.39 is 36.2 Å². The maximum atomic E-state index is 9.97. The molecule has 0 spiro atoms. The van der Waals surface area contributed by atoms with Crippen molar-refractivity contribution in [1.29, 1.82) is 0 Å². The largest absolute Gasteiger partial charge is 6.00 e. The fourth-order valence-corrected chi connectivity index (χ4v) is 2.29. The first-order chi connectivity index (χ1) is 11.4. The summed E-state index contributed by atoms with van der Waals surface area (Å²) in [5.41, 5.74) is 0. The first kappa shape index (κ1) is 35.1. The SMILES string of the molecule is O=C([O-])C1CCCO1.O=C([O-])C1CCCO1.O=C([O-])C1CCCO1.[Cl-].[Cl-].[Cl-].[Cr+6]. The number of halogens is 3. The van der Waals surface area contributed by atoms with Gasteiger partial charge < -0.3 is 81.1 Å². The molecule has 3 unspecified atom stereocenters. The molecule has 9 nitrogen and oxygen atoms in total. The van der Waals surface area contributed by atoms with Gasteiger partial charge in [-0.15, -0.1) is 0 Å². The fraction of sp³-hybridized carbons (Fsp3) is 0.800. The summed E-state index contributed by atoms with van der Waals surface area (Å²) in [6, 6.07) is 0. The van der Waals surface area contributed by atoms with Crippen LogP contribution in [0.4, 0.5) is 0 Å². The Labute approximate surface area is 192 Å². The molecule has 0 N–H and O–H groups in total. The molecular formula is C15H21Cl3CrO9. The molecule has 28 heavy (non-hydrogen) atoms. The van der Waals surface area contributed by atoms with E-state index >= 15 is 0 Å². The van der Waals surface area contributed by atoms with E-state index in [9.17, 15) is 29.7 Å². The number of carbonyl (C=O) groups is 3. The molecule has 3 aliphatic rings. The van der Waals surface area contributed by atoms with Gasteiger partial charge in [0.25, 0.3) is 0 Å². The summed E-state index contributed by atoms with van der Waals surface area (Å²) in [6.07, 6.45) is 2.49. The first-order valence-electron chi connectivity index (χ1n) is 7.89. The molecule has 0 amide bonds. The molecule has 13 heteroatoms. The van der Waals surface area contributed by atoms with Gasteiger partial charge in [-0.2, -0.15) is 0 Å². The third kappa shape index (κ3) is 14.7. The Bertz CT molecular complexity index is 363. The molecule has 3 atom stereocenters. The van der Waals surface area contributed by atoms with Crippen LogP contribution in [0.15, 0.2) is 0 Å². The van der Waals surface area contributed by atoms with Gasteiger partial charge in [0, 0.05) is 19.8 Å². The summed E-state index contributed by atoms with van der Waals surface area (Å²) in [7, 11) is 0. The van der Waals surface area contributed by atoms with Gasteiger partial charge in [-0.05, 0) is 38.5 Å². The van der Waals surface area contributed by atoms with Crippen molar-refractivity contribution in [2.45, 2.75) is 56.8 Å². The molecular weight excluding hydrogens is 483 g/mol. The normalized spacial score (nSPS) is 24.2. The van der Waals surface area contributed by atoms with E-state index in [1.54, 1.807) is 0 Å². The van der Waals surface area contributed by atoms with Crippen molar-refractivity contribution in [3.8, 4) is 0 Å². The fourth-order valence-electron chi connectivity index (χ4n) is 2.29. The smallest absolute Gasteiger partial charge is 1.00 e. The van der Waals surface area contributed by atoms with Gasteiger partial charge >= 0.3 is 17.4 Å². The van der Waals surface area contributed by atoms with Gasteiger partial charge in [0.05, 0.1) is 36.2 Å². The van der Waals surface area contributed by atoms with Gasteiger partial charge in [-0.3, -0.25) is 0 Å². The standard InChI is InChI=1S/3C5H8O3.3ClH.Cr/c3*6-5(7)4-2-1-3-8-4;;;;/h3*4H,1-3H2,(H,6,7);3*1H;/q;;;;;;+6/p-6. The quantitative estimate of drug-likeness (QED) is 0.366. The molecule has 3 aliphatic heterocycles. The Balaban J connectivity index is -0.000000144. The van der Waals surface area contributed by atoms with E-state index in [-0.39, 0.29) is 54.6 Å². The van der Waals surface area contributed by atoms with Crippen LogP contribution in [0.5, 0.6) is 0 Å². The number of carboxylic acid groups (broad SMARTS) is 3. The van der Waals surface area contributed by atoms with E-state index in [1.165, 1.54) is 0 Å². The average Bonchev–Trinajstić information content (AvgIpc) is 3.29. The van der Waals surface area contributed by atoms with Crippen LogP contribution in [0.2, 0.25) is 0 Å². The number of hydrogen-bond acceptors (Lipinski definition) is 9. The second-order valence-corrected chi connectivity index (χ2v) is 5.46. The van der Waals surface area contributed by atoms with Gasteiger partial charge in [-0.25, -0.2) is 0 Å². The van der Waals surface area contributed by atoms with Crippen LogP contribution >= 0.6 is 0 Å². The van der Waals surface area contributed by atoms with Crippen molar-refractivity contribution in [3.05, 3.63) is 0 Å². The topological polar surface area (TPSA) is 148 Å².